The second kappa shape index (κ2) is 8.97. The fourth-order valence-electron chi connectivity index (χ4n) is 2.31. The molecule has 3 aromatic carbocycles. The van der Waals surface area contributed by atoms with Gasteiger partial charge in [-0.25, -0.2) is 5.43 Å². The summed E-state index contributed by atoms with van der Waals surface area (Å²) in [5.74, 6) is 0.506. The molecule has 0 aliphatic rings. The first-order valence-electron chi connectivity index (χ1n) is 8.35. The largest absolute Gasteiger partial charge is 0.489 e. The number of rotatable bonds is 6. The number of nitriles is 1. The van der Waals surface area contributed by atoms with Crippen molar-refractivity contribution in [1.82, 2.24) is 5.43 Å². The van der Waals surface area contributed by atoms with Gasteiger partial charge in [0.05, 0.1) is 17.8 Å². The predicted octanol–water partition coefficient (Wildman–Crippen LogP) is 3.90. The number of hydrogen-bond acceptors (Lipinski definition) is 4. The van der Waals surface area contributed by atoms with Crippen LogP contribution in [0.3, 0.4) is 0 Å². The lowest BCUT2D eigenvalue weighted by atomic mass is 10.1. The van der Waals surface area contributed by atoms with E-state index in [0.29, 0.717) is 17.7 Å². The van der Waals surface area contributed by atoms with Crippen LogP contribution in [0.25, 0.3) is 0 Å². The summed E-state index contributed by atoms with van der Waals surface area (Å²) >= 11 is 0. The zero-order chi connectivity index (χ0) is 18.9. The molecule has 1 N–H and O–H groups in total. The van der Waals surface area contributed by atoms with Crippen molar-refractivity contribution in [3.8, 4) is 11.8 Å². The molecule has 0 saturated carbocycles. The first kappa shape index (κ1) is 17.9. The van der Waals surface area contributed by atoms with Crippen molar-refractivity contribution in [2.75, 3.05) is 0 Å². The minimum absolute atomic E-state index is 0.296. The summed E-state index contributed by atoms with van der Waals surface area (Å²) in [5.41, 5.74) is 5.34. The molecule has 0 radical (unpaired) electrons. The summed E-state index contributed by atoms with van der Waals surface area (Å²) < 4.78 is 5.68. The van der Waals surface area contributed by atoms with Crippen molar-refractivity contribution in [1.29, 1.82) is 5.26 Å². The fourth-order valence-corrected chi connectivity index (χ4v) is 2.31. The highest BCUT2D eigenvalue weighted by molar-refractivity contribution is 5.94. The number of amides is 1. The van der Waals surface area contributed by atoms with E-state index in [1.807, 2.05) is 48.5 Å². The van der Waals surface area contributed by atoms with Gasteiger partial charge in [-0.2, -0.15) is 10.4 Å². The van der Waals surface area contributed by atoms with Crippen LogP contribution in [0, 0.1) is 11.3 Å². The van der Waals surface area contributed by atoms with Crippen molar-refractivity contribution < 1.29 is 9.53 Å². The van der Waals surface area contributed by atoms with E-state index in [0.717, 1.165) is 16.9 Å². The second-order valence-electron chi connectivity index (χ2n) is 5.73. The summed E-state index contributed by atoms with van der Waals surface area (Å²) in [6.45, 7) is 0.433. The Balaban J connectivity index is 1.52. The van der Waals surface area contributed by atoms with Crippen LogP contribution in [0.1, 0.15) is 27.0 Å². The lowest BCUT2D eigenvalue weighted by Crippen LogP contribution is -2.17. The lowest BCUT2D eigenvalue weighted by Gasteiger charge is -2.06. The first-order valence-corrected chi connectivity index (χ1v) is 8.35. The maximum Gasteiger partial charge on any atom is 0.271 e. The summed E-state index contributed by atoms with van der Waals surface area (Å²) in [4.78, 5) is 12.1. The van der Waals surface area contributed by atoms with Gasteiger partial charge in [-0.15, -0.1) is 0 Å². The molecule has 0 saturated heterocycles. The van der Waals surface area contributed by atoms with Gasteiger partial charge < -0.3 is 4.74 Å². The van der Waals surface area contributed by atoms with Crippen LogP contribution >= 0.6 is 0 Å². The molecular formula is C22H17N3O2. The molecule has 3 rings (SSSR count). The number of benzene rings is 3. The van der Waals surface area contributed by atoms with Gasteiger partial charge in [0.1, 0.15) is 12.4 Å². The summed E-state index contributed by atoms with van der Waals surface area (Å²) in [7, 11) is 0. The van der Waals surface area contributed by atoms with Gasteiger partial charge in [0.15, 0.2) is 0 Å². The third-order valence-corrected chi connectivity index (χ3v) is 3.78. The molecule has 5 heteroatoms. The average Bonchev–Trinajstić information content (AvgIpc) is 2.74. The van der Waals surface area contributed by atoms with Crippen LogP contribution in [-0.4, -0.2) is 12.1 Å². The fraction of sp³-hybridized carbons (Fsp3) is 0.0455. The number of carbonyl (C=O) groups excluding carboxylic acids is 1. The highest BCUT2D eigenvalue weighted by Gasteiger charge is 2.04. The smallest absolute Gasteiger partial charge is 0.271 e. The minimum Gasteiger partial charge on any atom is -0.489 e. The molecule has 1 amide bonds. The second-order valence-corrected chi connectivity index (χ2v) is 5.73. The van der Waals surface area contributed by atoms with Crippen LogP contribution in [0.2, 0.25) is 0 Å². The number of ether oxygens (including phenoxy) is 1. The van der Waals surface area contributed by atoms with E-state index < -0.39 is 0 Å². The molecule has 3 aromatic rings. The van der Waals surface area contributed by atoms with Gasteiger partial charge >= 0.3 is 0 Å². The number of hydrogen-bond donors (Lipinski definition) is 1. The first-order chi connectivity index (χ1) is 13.2. The van der Waals surface area contributed by atoms with Crippen LogP contribution in [0.15, 0.2) is 84.0 Å². The Hall–Kier alpha value is -3.91. The van der Waals surface area contributed by atoms with Crippen LogP contribution in [0.5, 0.6) is 5.75 Å². The van der Waals surface area contributed by atoms with E-state index in [4.69, 9.17) is 10.00 Å². The SMILES string of the molecule is N#Cc1ccc(/C=N\NC(=O)c2ccc(COc3ccccc3)cc2)cc1. The van der Waals surface area contributed by atoms with Gasteiger partial charge in [-0.05, 0) is 47.5 Å². The Morgan fingerprint density at radius 1 is 1.00 bits per heavy atom. The van der Waals surface area contributed by atoms with E-state index in [9.17, 15) is 4.79 Å². The highest BCUT2D eigenvalue weighted by Crippen LogP contribution is 2.12. The van der Waals surface area contributed by atoms with Gasteiger partial charge in [-0.1, -0.05) is 42.5 Å². The molecule has 5 nitrogen and oxygen atoms in total. The van der Waals surface area contributed by atoms with E-state index >= 15 is 0 Å². The molecule has 0 spiro atoms. The number of nitrogens with zero attached hydrogens (tertiary/aromatic N) is 2. The predicted molar refractivity (Wildman–Crippen MR) is 103 cm³/mol. The Morgan fingerprint density at radius 3 is 2.37 bits per heavy atom. The van der Waals surface area contributed by atoms with E-state index in [-0.39, 0.29) is 5.91 Å². The summed E-state index contributed by atoms with van der Waals surface area (Å²) in [5, 5.41) is 12.7. The van der Waals surface area contributed by atoms with E-state index in [1.54, 1.807) is 36.4 Å². The van der Waals surface area contributed by atoms with Gasteiger partial charge in [0.25, 0.3) is 5.91 Å². The molecule has 0 fully saturated rings. The number of para-hydroxylation sites is 1. The third-order valence-electron chi connectivity index (χ3n) is 3.78. The van der Waals surface area contributed by atoms with Crippen molar-refractivity contribution in [2.45, 2.75) is 6.61 Å². The lowest BCUT2D eigenvalue weighted by molar-refractivity contribution is 0.0955. The molecule has 0 aromatic heterocycles. The molecule has 27 heavy (non-hydrogen) atoms. The zero-order valence-electron chi connectivity index (χ0n) is 14.5. The molecular weight excluding hydrogens is 338 g/mol. The standard InChI is InChI=1S/C22H17N3O2/c23-14-17-6-8-18(9-7-17)15-24-25-22(26)20-12-10-19(11-13-20)16-27-21-4-2-1-3-5-21/h1-13,15H,16H2,(H,25,26)/b24-15-. The molecule has 0 atom stereocenters. The Bertz CT molecular complexity index is 957. The van der Waals surface area contributed by atoms with Gasteiger partial charge in [-0.3, -0.25) is 4.79 Å². The highest BCUT2D eigenvalue weighted by atomic mass is 16.5. The van der Waals surface area contributed by atoms with Crippen molar-refractivity contribution >= 4 is 12.1 Å². The topological polar surface area (TPSA) is 74.5 Å². The summed E-state index contributed by atoms with van der Waals surface area (Å²) in [6.07, 6.45) is 1.53. The van der Waals surface area contributed by atoms with Crippen molar-refractivity contribution in [2.24, 2.45) is 5.10 Å². The molecule has 0 aliphatic heterocycles. The maximum absolute atomic E-state index is 12.1. The van der Waals surface area contributed by atoms with Crippen LogP contribution in [0.4, 0.5) is 0 Å². The van der Waals surface area contributed by atoms with E-state index in [1.165, 1.54) is 6.21 Å². The average molecular weight is 355 g/mol. The minimum atomic E-state index is -0.296. The maximum atomic E-state index is 12.1. The molecule has 132 valence electrons. The van der Waals surface area contributed by atoms with Crippen molar-refractivity contribution in [3.05, 3.63) is 101 Å². The van der Waals surface area contributed by atoms with Crippen molar-refractivity contribution in [3.63, 3.8) is 0 Å². The molecule has 0 heterocycles. The zero-order valence-corrected chi connectivity index (χ0v) is 14.5. The summed E-state index contributed by atoms with van der Waals surface area (Å²) in [6, 6.07) is 25.7. The third kappa shape index (κ3) is 5.28. The Labute approximate surface area is 157 Å². The van der Waals surface area contributed by atoms with Crippen LogP contribution in [-0.2, 0) is 6.61 Å². The molecule has 0 bridgehead atoms. The van der Waals surface area contributed by atoms with Crippen LogP contribution < -0.4 is 10.2 Å². The van der Waals surface area contributed by atoms with Gasteiger partial charge in [0, 0.05) is 5.56 Å². The van der Waals surface area contributed by atoms with Gasteiger partial charge in [0.2, 0.25) is 0 Å². The monoisotopic (exact) mass is 355 g/mol. The Kier molecular flexibility index (Phi) is 5.95. The number of hydrazone groups is 1. The molecule has 0 aliphatic carbocycles. The number of carbonyl (C=O) groups is 1. The normalized spacial score (nSPS) is 10.3. The van der Waals surface area contributed by atoms with E-state index in [2.05, 4.69) is 10.5 Å². The Morgan fingerprint density at radius 2 is 1.70 bits per heavy atom. The quantitative estimate of drug-likeness (QED) is 0.538. The number of nitrogens with one attached hydrogen (secondary N) is 1. The molecule has 0 unspecified atom stereocenters.